The topological polar surface area (TPSA) is 115 Å². The van der Waals surface area contributed by atoms with Crippen LogP contribution < -0.4 is 11.1 Å². The quantitative estimate of drug-likeness (QED) is 0.410. The number of halogens is 1. The summed E-state index contributed by atoms with van der Waals surface area (Å²) >= 11 is 3.71. The second-order valence-electron chi connectivity index (χ2n) is 11.1. The third-order valence-electron chi connectivity index (χ3n) is 7.03. The monoisotopic (exact) mass is 561 g/mol. The van der Waals surface area contributed by atoms with Gasteiger partial charge in [0.2, 0.25) is 0 Å². The van der Waals surface area contributed by atoms with E-state index in [1.165, 1.54) is 0 Å². The van der Waals surface area contributed by atoms with Gasteiger partial charge in [0.15, 0.2) is 14.1 Å². The molecule has 1 aromatic heterocycles. The molecule has 3 N–H and O–H groups in total. The lowest BCUT2D eigenvalue weighted by Crippen LogP contribution is -2.46. The normalized spacial score (nSPS) is 19.3. The van der Waals surface area contributed by atoms with Crippen LogP contribution in [0.4, 0.5) is 11.5 Å². The van der Waals surface area contributed by atoms with Crippen molar-refractivity contribution in [1.82, 2.24) is 9.78 Å². The van der Waals surface area contributed by atoms with Crippen LogP contribution >= 0.6 is 15.9 Å². The predicted octanol–water partition coefficient (Wildman–Crippen LogP) is 5.85. The van der Waals surface area contributed by atoms with Gasteiger partial charge in [0.1, 0.15) is 5.56 Å². The fraction of sp³-hybridized carbons (Fsp3) is 0.560. The van der Waals surface area contributed by atoms with E-state index in [9.17, 15) is 10.1 Å². The predicted molar refractivity (Wildman–Crippen MR) is 143 cm³/mol. The number of rotatable bonds is 7. The minimum atomic E-state index is -2.00. The van der Waals surface area contributed by atoms with E-state index in [1.807, 2.05) is 18.2 Å². The van der Waals surface area contributed by atoms with Crippen molar-refractivity contribution in [3.05, 3.63) is 40.0 Å². The first-order valence-electron chi connectivity index (χ1n) is 11.8. The molecule has 1 unspecified atom stereocenters. The number of nitrogens with zero attached hydrogens (tertiary/aromatic N) is 3. The van der Waals surface area contributed by atoms with Gasteiger partial charge in [0, 0.05) is 23.0 Å². The van der Waals surface area contributed by atoms with Crippen molar-refractivity contribution in [3.63, 3.8) is 0 Å². The van der Waals surface area contributed by atoms with Gasteiger partial charge in [-0.25, -0.2) is 0 Å². The number of ether oxygens (including phenoxy) is 1. The van der Waals surface area contributed by atoms with Gasteiger partial charge in [-0.1, -0.05) is 42.8 Å². The average molecular weight is 563 g/mol. The summed E-state index contributed by atoms with van der Waals surface area (Å²) in [6.45, 7) is 16.3. The molecule has 190 valence electrons. The molecule has 1 aliphatic heterocycles. The number of aromatic nitrogens is 2. The van der Waals surface area contributed by atoms with Crippen LogP contribution in [0.2, 0.25) is 18.1 Å². The summed E-state index contributed by atoms with van der Waals surface area (Å²) in [4.78, 5) is 12.1. The molecule has 1 aliphatic rings. The highest BCUT2D eigenvalue weighted by Gasteiger charge is 2.42. The second-order valence-corrected chi connectivity index (χ2v) is 16.7. The molecule has 0 saturated carbocycles. The maximum absolute atomic E-state index is 12.1. The molecule has 0 spiro atoms. The number of anilines is 2. The first-order chi connectivity index (χ1) is 16.2. The highest BCUT2D eigenvalue weighted by molar-refractivity contribution is 9.10. The number of nitriles is 1. The number of amides is 1. The molecule has 8 nitrogen and oxygen atoms in total. The van der Waals surface area contributed by atoms with Gasteiger partial charge in [-0.3, -0.25) is 9.48 Å². The van der Waals surface area contributed by atoms with Crippen LogP contribution in [0.15, 0.2) is 28.9 Å². The summed E-state index contributed by atoms with van der Waals surface area (Å²) in [5, 5.41) is 17.4. The van der Waals surface area contributed by atoms with Crippen LogP contribution in [-0.4, -0.2) is 37.2 Å². The summed E-state index contributed by atoms with van der Waals surface area (Å²) in [6.07, 6.45) is 2.21. The van der Waals surface area contributed by atoms with Crippen molar-refractivity contribution >= 4 is 41.7 Å². The third kappa shape index (κ3) is 5.97. The molecule has 2 atom stereocenters. The number of benzene rings is 1. The standard InChI is InChI=1S/C25H36BrN5O3Si/c1-24(2,3)35(6,7)34-25(4,5)19-9-8-17(12-20(19)26)29-23-18(22(28)32)14-31(30-23)21-15-33-11-10-16(21)13-27/h8-9,12,14,16,21H,10-11,15H2,1-7H3,(H2,28,32)(H,29,30)/t16-,21?/m0/s1. The second kappa shape index (κ2) is 10.0. The molecule has 0 radical (unpaired) electrons. The zero-order valence-electron chi connectivity index (χ0n) is 21.6. The van der Waals surface area contributed by atoms with Crippen molar-refractivity contribution in [2.75, 3.05) is 18.5 Å². The molecular formula is C25H36BrN5O3Si. The van der Waals surface area contributed by atoms with Gasteiger partial charge in [-0.2, -0.15) is 10.4 Å². The molecule has 1 saturated heterocycles. The highest BCUT2D eigenvalue weighted by atomic mass is 79.9. The minimum Gasteiger partial charge on any atom is -0.408 e. The zero-order valence-corrected chi connectivity index (χ0v) is 24.2. The van der Waals surface area contributed by atoms with E-state index in [1.54, 1.807) is 10.9 Å². The largest absolute Gasteiger partial charge is 0.408 e. The molecule has 1 aromatic carbocycles. The number of primary amides is 1. The Morgan fingerprint density at radius 2 is 2.03 bits per heavy atom. The van der Waals surface area contributed by atoms with Crippen molar-refractivity contribution in [1.29, 1.82) is 5.26 Å². The summed E-state index contributed by atoms with van der Waals surface area (Å²) in [5.74, 6) is -0.492. The smallest absolute Gasteiger partial charge is 0.254 e. The Hall–Kier alpha value is -2.19. The molecule has 1 fully saturated rings. The molecule has 35 heavy (non-hydrogen) atoms. The van der Waals surface area contributed by atoms with E-state index in [-0.39, 0.29) is 22.6 Å². The van der Waals surface area contributed by atoms with Gasteiger partial charge in [0.25, 0.3) is 5.91 Å². The lowest BCUT2D eigenvalue weighted by molar-refractivity contribution is 0.0342. The molecule has 10 heteroatoms. The van der Waals surface area contributed by atoms with E-state index in [0.717, 1.165) is 15.7 Å². The number of carbonyl (C=O) groups is 1. The lowest BCUT2D eigenvalue weighted by atomic mass is 9.97. The average Bonchev–Trinajstić information content (AvgIpc) is 3.16. The first kappa shape index (κ1) is 27.4. The molecule has 0 bridgehead atoms. The van der Waals surface area contributed by atoms with Gasteiger partial charge in [0.05, 0.1) is 30.2 Å². The van der Waals surface area contributed by atoms with Gasteiger partial charge >= 0.3 is 0 Å². The number of nitrogens with one attached hydrogen (secondary N) is 1. The van der Waals surface area contributed by atoms with Crippen LogP contribution in [-0.2, 0) is 14.8 Å². The van der Waals surface area contributed by atoms with Crippen molar-refractivity contribution in [3.8, 4) is 6.07 Å². The Labute approximate surface area is 217 Å². The van der Waals surface area contributed by atoms with Crippen LogP contribution in [0, 0.1) is 17.2 Å². The van der Waals surface area contributed by atoms with E-state index < -0.39 is 19.8 Å². The van der Waals surface area contributed by atoms with Crippen molar-refractivity contribution in [2.24, 2.45) is 11.7 Å². The number of carbonyl (C=O) groups excluding carboxylic acids is 1. The van der Waals surface area contributed by atoms with Gasteiger partial charge < -0.3 is 20.2 Å². The lowest BCUT2D eigenvalue weighted by Gasteiger charge is -2.43. The van der Waals surface area contributed by atoms with Crippen molar-refractivity contribution in [2.45, 2.75) is 70.8 Å². The van der Waals surface area contributed by atoms with Crippen LogP contribution in [0.5, 0.6) is 0 Å². The zero-order chi connectivity index (χ0) is 26.2. The SMILES string of the molecule is CC(C)(O[Si](C)(C)C(C)(C)C)c1ccc(Nc2nn(C3COCC[C@H]3C#N)cc2C(N)=O)cc1Br. The Bertz CT molecular complexity index is 1130. The van der Waals surface area contributed by atoms with Gasteiger partial charge in [-0.15, -0.1) is 0 Å². The van der Waals surface area contributed by atoms with Crippen LogP contribution in [0.1, 0.15) is 63.0 Å². The van der Waals surface area contributed by atoms with E-state index in [0.29, 0.717) is 25.5 Å². The van der Waals surface area contributed by atoms with Crippen LogP contribution in [0.25, 0.3) is 0 Å². The fourth-order valence-electron chi connectivity index (χ4n) is 4.03. The first-order valence-corrected chi connectivity index (χ1v) is 15.5. The van der Waals surface area contributed by atoms with Crippen LogP contribution in [0.3, 0.4) is 0 Å². The Kier molecular flexibility index (Phi) is 7.87. The van der Waals surface area contributed by atoms with E-state index in [4.69, 9.17) is 14.9 Å². The number of hydrogen-bond acceptors (Lipinski definition) is 6. The van der Waals surface area contributed by atoms with E-state index in [2.05, 4.69) is 80.1 Å². The Morgan fingerprint density at radius 3 is 2.60 bits per heavy atom. The highest BCUT2D eigenvalue weighted by Crippen LogP contribution is 2.43. The molecule has 3 rings (SSSR count). The summed E-state index contributed by atoms with van der Waals surface area (Å²) in [5.41, 5.74) is 7.17. The molecule has 2 aromatic rings. The van der Waals surface area contributed by atoms with Gasteiger partial charge in [-0.05, 0) is 56.1 Å². The molecule has 2 heterocycles. The molecule has 1 amide bonds. The number of nitrogens with two attached hydrogens (primary N) is 1. The summed E-state index contributed by atoms with van der Waals surface area (Å²) in [6, 6.07) is 7.94. The Balaban J connectivity index is 1.88. The maximum atomic E-state index is 12.1. The Morgan fingerprint density at radius 1 is 1.34 bits per heavy atom. The fourth-order valence-corrected chi connectivity index (χ4v) is 6.58. The molecule has 0 aliphatic carbocycles. The number of hydrogen-bond donors (Lipinski definition) is 2. The minimum absolute atomic E-state index is 0.0934. The third-order valence-corrected chi connectivity index (χ3v) is 12.3. The summed E-state index contributed by atoms with van der Waals surface area (Å²) < 4.78 is 14.8. The summed E-state index contributed by atoms with van der Waals surface area (Å²) in [7, 11) is -2.00. The van der Waals surface area contributed by atoms with E-state index >= 15 is 0 Å². The van der Waals surface area contributed by atoms with Crippen molar-refractivity contribution < 1.29 is 14.0 Å². The maximum Gasteiger partial charge on any atom is 0.254 e. The molecular weight excluding hydrogens is 526 g/mol.